The van der Waals surface area contributed by atoms with E-state index in [2.05, 4.69) is 4.98 Å². The Hall–Kier alpha value is -1.25. The maximum absolute atomic E-state index is 6.07. The lowest BCUT2D eigenvalue weighted by molar-refractivity contribution is 1.08. The Morgan fingerprint density at radius 1 is 1.12 bits per heavy atom. The van der Waals surface area contributed by atoms with Gasteiger partial charge in [0.15, 0.2) is 0 Å². The van der Waals surface area contributed by atoms with Crippen molar-refractivity contribution in [3.05, 3.63) is 57.8 Å². The van der Waals surface area contributed by atoms with Gasteiger partial charge in [0.05, 0.1) is 16.4 Å². The molecule has 0 aliphatic rings. The fourth-order valence-corrected chi connectivity index (χ4v) is 1.86. The molecule has 1 aromatic heterocycles. The molecule has 0 bridgehead atoms. The Morgan fingerprint density at radius 3 is 2.50 bits per heavy atom. The van der Waals surface area contributed by atoms with Crippen LogP contribution in [0, 0.1) is 0 Å². The Bertz CT molecular complexity index is 498. The maximum Gasteiger partial charge on any atom is 0.131 e. The van der Waals surface area contributed by atoms with Crippen molar-refractivity contribution in [1.82, 2.24) is 4.98 Å². The lowest BCUT2D eigenvalue weighted by Crippen LogP contribution is -1.98. The third-order valence-corrected chi connectivity index (χ3v) is 2.87. The predicted octanol–water partition coefficient (Wildman–Crippen LogP) is 3.56. The van der Waals surface area contributed by atoms with Crippen molar-refractivity contribution in [3.8, 4) is 0 Å². The fraction of sp³-hybridized carbons (Fsp3) is 0.0833. The summed E-state index contributed by atoms with van der Waals surface area (Å²) < 4.78 is 0. The number of anilines is 1. The van der Waals surface area contributed by atoms with Crippen molar-refractivity contribution in [2.45, 2.75) is 6.42 Å². The molecule has 0 saturated heterocycles. The van der Waals surface area contributed by atoms with E-state index in [1.54, 1.807) is 6.07 Å². The van der Waals surface area contributed by atoms with Gasteiger partial charge in [-0.15, -0.1) is 0 Å². The molecule has 0 saturated carbocycles. The Balaban J connectivity index is 2.35. The van der Waals surface area contributed by atoms with Crippen LogP contribution in [0.25, 0.3) is 0 Å². The highest BCUT2D eigenvalue weighted by atomic mass is 35.5. The first-order valence-electron chi connectivity index (χ1n) is 4.81. The summed E-state index contributed by atoms with van der Waals surface area (Å²) in [6.07, 6.45) is 0.629. The highest BCUT2D eigenvalue weighted by Crippen LogP contribution is 2.26. The molecule has 0 aliphatic carbocycles. The third-order valence-electron chi connectivity index (χ3n) is 2.24. The zero-order chi connectivity index (χ0) is 11.5. The topological polar surface area (TPSA) is 38.9 Å². The van der Waals surface area contributed by atoms with Gasteiger partial charge in [-0.2, -0.15) is 0 Å². The number of rotatable bonds is 2. The summed E-state index contributed by atoms with van der Waals surface area (Å²) in [5, 5.41) is 0.848. The van der Waals surface area contributed by atoms with Crippen molar-refractivity contribution in [3.63, 3.8) is 0 Å². The van der Waals surface area contributed by atoms with E-state index in [4.69, 9.17) is 28.9 Å². The van der Waals surface area contributed by atoms with Crippen molar-refractivity contribution >= 4 is 28.9 Å². The van der Waals surface area contributed by atoms with Crippen LogP contribution in [0.3, 0.4) is 0 Å². The Kier molecular flexibility index (Phi) is 3.32. The molecule has 2 N–H and O–H groups in total. The first-order valence-corrected chi connectivity index (χ1v) is 5.56. The second kappa shape index (κ2) is 4.73. The highest BCUT2D eigenvalue weighted by molar-refractivity contribution is 6.35. The fourth-order valence-electron chi connectivity index (χ4n) is 1.47. The maximum atomic E-state index is 6.07. The molecule has 0 atom stereocenters. The smallest absolute Gasteiger partial charge is 0.131 e. The van der Waals surface area contributed by atoms with Crippen molar-refractivity contribution in [2.24, 2.45) is 0 Å². The molecule has 82 valence electrons. The molecule has 16 heavy (non-hydrogen) atoms. The molecular formula is C12H10Cl2N2. The Morgan fingerprint density at radius 2 is 1.81 bits per heavy atom. The van der Waals surface area contributed by atoms with Gasteiger partial charge in [0.2, 0.25) is 0 Å². The summed E-state index contributed by atoms with van der Waals surface area (Å²) >= 11 is 11.9. The van der Waals surface area contributed by atoms with Crippen molar-refractivity contribution < 1.29 is 0 Å². The number of nitrogens with zero attached hydrogens (tertiary/aromatic N) is 1. The van der Waals surface area contributed by atoms with E-state index in [0.717, 1.165) is 5.56 Å². The molecular weight excluding hydrogens is 243 g/mol. The lowest BCUT2D eigenvalue weighted by Gasteiger charge is -2.06. The van der Waals surface area contributed by atoms with Crippen molar-refractivity contribution in [2.75, 3.05) is 5.73 Å². The van der Waals surface area contributed by atoms with E-state index in [-0.39, 0.29) is 0 Å². The molecule has 0 unspecified atom stereocenters. The molecule has 0 amide bonds. The van der Waals surface area contributed by atoms with Gasteiger partial charge in [-0.3, -0.25) is 0 Å². The van der Waals surface area contributed by atoms with Crippen LogP contribution in [0.5, 0.6) is 0 Å². The van der Waals surface area contributed by atoms with Crippen LogP contribution in [-0.4, -0.2) is 4.98 Å². The number of hydrogen-bond donors (Lipinski definition) is 1. The molecule has 1 heterocycles. The van der Waals surface area contributed by atoms with Gasteiger partial charge in [-0.1, -0.05) is 53.5 Å². The van der Waals surface area contributed by atoms with Crippen LogP contribution in [0.4, 0.5) is 5.69 Å². The molecule has 0 spiro atoms. The second-order valence-corrected chi connectivity index (χ2v) is 4.22. The lowest BCUT2D eigenvalue weighted by atomic mass is 10.1. The van der Waals surface area contributed by atoms with Gasteiger partial charge in [0, 0.05) is 6.42 Å². The Labute approximate surface area is 104 Å². The van der Waals surface area contributed by atoms with E-state index >= 15 is 0 Å². The predicted molar refractivity (Wildman–Crippen MR) is 67.9 cm³/mol. The summed E-state index contributed by atoms with van der Waals surface area (Å²) in [6.45, 7) is 0. The number of nitrogens with two attached hydrogens (primary N) is 1. The molecule has 2 nitrogen and oxygen atoms in total. The van der Waals surface area contributed by atoms with Crippen LogP contribution in [0.2, 0.25) is 10.2 Å². The van der Waals surface area contributed by atoms with E-state index < -0.39 is 0 Å². The minimum atomic E-state index is 0.368. The van der Waals surface area contributed by atoms with Crippen LogP contribution < -0.4 is 5.73 Å². The number of nitrogen functional groups attached to an aromatic ring is 1. The first-order chi connectivity index (χ1) is 7.66. The summed E-state index contributed by atoms with van der Waals surface area (Å²) in [5.74, 6) is 0. The second-order valence-electron chi connectivity index (χ2n) is 3.46. The molecule has 0 fully saturated rings. The number of hydrogen-bond acceptors (Lipinski definition) is 2. The van der Waals surface area contributed by atoms with Gasteiger partial charge in [0.1, 0.15) is 5.15 Å². The van der Waals surface area contributed by atoms with Crippen LogP contribution in [0.15, 0.2) is 36.4 Å². The van der Waals surface area contributed by atoms with Crippen LogP contribution >= 0.6 is 23.2 Å². The minimum Gasteiger partial charge on any atom is -0.397 e. The van der Waals surface area contributed by atoms with Gasteiger partial charge >= 0.3 is 0 Å². The number of pyridine rings is 1. The van der Waals surface area contributed by atoms with Gasteiger partial charge in [-0.05, 0) is 11.6 Å². The zero-order valence-electron chi connectivity index (χ0n) is 8.45. The largest absolute Gasteiger partial charge is 0.397 e. The summed E-state index contributed by atoms with van der Waals surface area (Å²) in [7, 11) is 0. The van der Waals surface area contributed by atoms with Crippen LogP contribution in [-0.2, 0) is 6.42 Å². The minimum absolute atomic E-state index is 0.368. The van der Waals surface area contributed by atoms with Gasteiger partial charge in [0.25, 0.3) is 0 Å². The zero-order valence-corrected chi connectivity index (χ0v) is 9.96. The van der Waals surface area contributed by atoms with E-state index in [1.807, 2.05) is 30.3 Å². The molecule has 2 rings (SSSR count). The van der Waals surface area contributed by atoms with E-state index in [0.29, 0.717) is 28.0 Å². The summed E-state index contributed by atoms with van der Waals surface area (Å²) in [5.41, 5.74) is 8.01. The number of halogens is 2. The SMILES string of the molecule is Nc1cc(Cl)nc(Cc2ccccc2)c1Cl. The monoisotopic (exact) mass is 252 g/mol. The molecule has 1 aromatic carbocycles. The standard InChI is InChI=1S/C12H10Cl2N2/c13-11-7-9(15)12(14)10(16-11)6-8-4-2-1-3-5-8/h1-5,7H,6H2,(H2,15,16). The van der Waals surface area contributed by atoms with Crippen LogP contribution in [0.1, 0.15) is 11.3 Å². The van der Waals surface area contributed by atoms with Gasteiger partial charge < -0.3 is 5.73 Å². The summed E-state index contributed by atoms with van der Waals surface area (Å²) in [6, 6.07) is 11.5. The number of aromatic nitrogens is 1. The normalized spacial score (nSPS) is 10.4. The first kappa shape index (κ1) is 11.2. The van der Waals surface area contributed by atoms with E-state index in [1.165, 1.54) is 0 Å². The average molecular weight is 253 g/mol. The molecule has 0 radical (unpaired) electrons. The van der Waals surface area contributed by atoms with Gasteiger partial charge in [-0.25, -0.2) is 4.98 Å². The van der Waals surface area contributed by atoms with E-state index in [9.17, 15) is 0 Å². The summed E-state index contributed by atoms with van der Waals surface area (Å²) in [4.78, 5) is 4.18. The highest BCUT2D eigenvalue weighted by Gasteiger charge is 2.08. The molecule has 0 aliphatic heterocycles. The third kappa shape index (κ3) is 2.46. The van der Waals surface area contributed by atoms with Crippen molar-refractivity contribution in [1.29, 1.82) is 0 Å². The number of benzene rings is 1. The quantitative estimate of drug-likeness (QED) is 0.831. The molecule has 2 aromatic rings. The average Bonchev–Trinajstić information content (AvgIpc) is 2.27. The molecule has 4 heteroatoms.